The van der Waals surface area contributed by atoms with Gasteiger partial charge in [-0.3, -0.25) is 4.79 Å². The average molecular weight is 342 g/mol. The second kappa shape index (κ2) is 6.14. The van der Waals surface area contributed by atoms with Gasteiger partial charge in [-0.25, -0.2) is 0 Å². The van der Waals surface area contributed by atoms with Gasteiger partial charge in [0.15, 0.2) is 5.78 Å². The molecule has 0 radical (unpaired) electrons. The highest BCUT2D eigenvalue weighted by Gasteiger charge is 2.36. The van der Waals surface area contributed by atoms with Crippen LogP contribution in [0.5, 0.6) is 11.5 Å². The molecule has 110 valence electrons. The number of carbonyl (C=O) groups excluding carboxylic acids is 1. The van der Waals surface area contributed by atoms with Crippen molar-refractivity contribution in [1.29, 1.82) is 0 Å². The smallest absolute Gasteiger partial charge is 0.186 e. The van der Waals surface area contributed by atoms with E-state index in [1.807, 2.05) is 6.92 Å². The molecule has 0 aliphatic carbocycles. The van der Waals surface area contributed by atoms with Crippen LogP contribution in [0.15, 0.2) is 16.6 Å². The van der Waals surface area contributed by atoms with Crippen molar-refractivity contribution >= 4 is 21.7 Å². The van der Waals surface area contributed by atoms with Crippen molar-refractivity contribution in [1.82, 2.24) is 5.32 Å². The van der Waals surface area contributed by atoms with Gasteiger partial charge < -0.3 is 14.8 Å². The first kappa shape index (κ1) is 15.3. The zero-order chi connectivity index (χ0) is 14.8. The number of rotatable bonds is 4. The third-order valence-electron chi connectivity index (χ3n) is 3.85. The third kappa shape index (κ3) is 2.69. The van der Waals surface area contributed by atoms with E-state index in [1.54, 1.807) is 26.4 Å². The Morgan fingerprint density at radius 1 is 1.30 bits per heavy atom. The normalized spacial score (nSPS) is 22.4. The van der Waals surface area contributed by atoms with E-state index in [0.717, 1.165) is 25.8 Å². The van der Waals surface area contributed by atoms with Crippen molar-refractivity contribution in [3.8, 4) is 11.5 Å². The molecular formula is C15H20BrNO3. The molecule has 1 unspecified atom stereocenters. The molecule has 1 atom stereocenters. The second-order valence-electron chi connectivity index (χ2n) is 5.21. The van der Waals surface area contributed by atoms with Gasteiger partial charge in [0, 0.05) is 0 Å². The molecule has 20 heavy (non-hydrogen) atoms. The topological polar surface area (TPSA) is 47.6 Å². The van der Waals surface area contributed by atoms with Crippen LogP contribution in [0.25, 0.3) is 0 Å². The first-order valence-electron chi connectivity index (χ1n) is 6.74. The molecule has 1 aromatic carbocycles. The Labute approximate surface area is 128 Å². The number of hydrogen-bond donors (Lipinski definition) is 1. The molecule has 1 saturated heterocycles. The second-order valence-corrected chi connectivity index (χ2v) is 6.00. The van der Waals surface area contributed by atoms with Gasteiger partial charge in [-0.15, -0.1) is 0 Å². The molecule has 1 heterocycles. The lowest BCUT2D eigenvalue weighted by Crippen LogP contribution is -2.52. The SMILES string of the molecule is COc1ccc(C(=O)C2(C)CCCCN2)c(OC)c1Br. The molecular weight excluding hydrogens is 322 g/mol. The summed E-state index contributed by atoms with van der Waals surface area (Å²) >= 11 is 3.44. The summed E-state index contributed by atoms with van der Waals surface area (Å²) in [7, 11) is 3.15. The highest BCUT2D eigenvalue weighted by molar-refractivity contribution is 9.10. The first-order valence-corrected chi connectivity index (χ1v) is 7.53. The maximum atomic E-state index is 12.8. The van der Waals surface area contributed by atoms with Gasteiger partial charge in [-0.05, 0) is 60.8 Å². The van der Waals surface area contributed by atoms with Crippen LogP contribution in [-0.4, -0.2) is 32.1 Å². The zero-order valence-corrected chi connectivity index (χ0v) is 13.7. The molecule has 1 aromatic rings. The fourth-order valence-corrected chi connectivity index (χ4v) is 3.29. The van der Waals surface area contributed by atoms with Gasteiger partial charge in [0.05, 0.1) is 25.3 Å². The van der Waals surface area contributed by atoms with Crippen molar-refractivity contribution < 1.29 is 14.3 Å². The van der Waals surface area contributed by atoms with Crippen LogP contribution in [0.1, 0.15) is 36.5 Å². The number of benzene rings is 1. The average Bonchev–Trinajstić information content (AvgIpc) is 2.47. The number of nitrogens with one attached hydrogen (secondary N) is 1. The van der Waals surface area contributed by atoms with Crippen LogP contribution in [0.3, 0.4) is 0 Å². The Balaban J connectivity index is 2.41. The third-order valence-corrected chi connectivity index (χ3v) is 4.60. The lowest BCUT2D eigenvalue weighted by atomic mass is 9.83. The molecule has 0 spiro atoms. The van der Waals surface area contributed by atoms with E-state index in [1.165, 1.54) is 0 Å². The van der Waals surface area contributed by atoms with E-state index >= 15 is 0 Å². The number of piperidine rings is 1. The Morgan fingerprint density at radius 2 is 2.05 bits per heavy atom. The standard InChI is InChI=1S/C15H20BrNO3/c1-15(8-4-5-9-17-15)14(18)10-6-7-11(19-2)12(16)13(10)20-3/h6-7,17H,4-5,8-9H2,1-3H3. The van der Waals surface area contributed by atoms with Gasteiger partial charge in [0.25, 0.3) is 0 Å². The Morgan fingerprint density at radius 3 is 2.60 bits per heavy atom. The van der Waals surface area contributed by atoms with Crippen molar-refractivity contribution in [2.24, 2.45) is 0 Å². The Kier molecular flexibility index (Phi) is 4.70. The van der Waals surface area contributed by atoms with E-state index in [9.17, 15) is 4.79 Å². The molecule has 2 rings (SSSR count). The molecule has 5 heteroatoms. The monoisotopic (exact) mass is 341 g/mol. The molecule has 0 aromatic heterocycles. The molecule has 4 nitrogen and oxygen atoms in total. The van der Waals surface area contributed by atoms with E-state index in [-0.39, 0.29) is 5.78 Å². The summed E-state index contributed by atoms with van der Waals surface area (Å²) in [5.41, 5.74) is 0.0663. The van der Waals surface area contributed by atoms with Crippen molar-refractivity contribution in [3.63, 3.8) is 0 Å². The van der Waals surface area contributed by atoms with E-state index in [2.05, 4.69) is 21.2 Å². The van der Waals surface area contributed by atoms with Gasteiger partial charge >= 0.3 is 0 Å². The zero-order valence-electron chi connectivity index (χ0n) is 12.1. The summed E-state index contributed by atoms with van der Waals surface area (Å²) in [6.45, 7) is 2.84. The minimum absolute atomic E-state index is 0.0670. The summed E-state index contributed by atoms with van der Waals surface area (Å²) in [4.78, 5) is 12.8. The van der Waals surface area contributed by atoms with E-state index in [4.69, 9.17) is 9.47 Å². The number of Topliss-reactive ketones (excluding diaryl/α,β-unsaturated/α-hetero) is 1. The first-order chi connectivity index (χ1) is 9.53. The van der Waals surface area contributed by atoms with Gasteiger partial charge in [0.1, 0.15) is 16.0 Å². The Hall–Kier alpha value is -1.07. The predicted octanol–water partition coefficient (Wildman–Crippen LogP) is 3.18. The summed E-state index contributed by atoms with van der Waals surface area (Å²) in [5, 5.41) is 3.34. The maximum Gasteiger partial charge on any atom is 0.186 e. The minimum Gasteiger partial charge on any atom is -0.495 e. The predicted molar refractivity (Wildman–Crippen MR) is 81.8 cm³/mol. The van der Waals surface area contributed by atoms with Crippen LogP contribution in [-0.2, 0) is 0 Å². The number of hydrogen-bond acceptors (Lipinski definition) is 4. The number of ketones is 1. The Bertz CT molecular complexity index is 510. The molecule has 1 N–H and O–H groups in total. The largest absolute Gasteiger partial charge is 0.495 e. The van der Waals surface area contributed by atoms with E-state index in [0.29, 0.717) is 21.5 Å². The molecule has 0 saturated carbocycles. The van der Waals surface area contributed by atoms with Crippen molar-refractivity contribution in [2.75, 3.05) is 20.8 Å². The molecule has 1 fully saturated rings. The summed E-state index contributed by atoms with van der Waals surface area (Å²) in [6, 6.07) is 3.55. The van der Waals surface area contributed by atoms with Gasteiger partial charge in [-0.1, -0.05) is 0 Å². The van der Waals surface area contributed by atoms with Crippen LogP contribution in [0.4, 0.5) is 0 Å². The van der Waals surface area contributed by atoms with Crippen molar-refractivity contribution in [3.05, 3.63) is 22.2 Å². The summed E-state index contributed by atoms with van der Waals surface area (Å²) in [6.07, 6.45) is 3.03. The van der Waals surface area contributed by atoms with Crippen LogP contribution in [0.2, 0.25) is 0 Å². The lowest BCUT2D eigenvalue weighted by Gasteiger charge is -2.34. The molecule has 0 amide bonds. The van der Waals surface area contributed by atoms with Crippen LogP contribution >= 0.6 is 15.9 Å². The summed E-state index contributed by atoms with van der Waals surface area (Å²) < 4.78 is 11.3. The minimum atomic E-state index is -0.514. The molecule has 1 aliphatic rings. The number of ether oxygens (including phenoxy) is 2. The summed E-state index contributed by atoms with van der Waals surface area (Å²) in [5.74, 6) is 1.25. The lowest BCUT2D eigenvalue weighted by molar-refractivity contribution is 0.0831. The van der Waals surface area contributed by atoms with E-state index < -0.39 is 5.54 Å². The van der Waals surface area contributed by atoms with Gasteiger partial charge in [0.2, 0.25) is 0 Å². The fraction of sp³-hybridized carbons (Fsp3) is 0.533. The molecule has 0 bridgehead atoms. The number of halogens is 1. The maximum absolute atomic E-state index is 12.8. The quantitative estimate of drug-likeness (QED) is 0.854. The van der Waals surface area contributed by atoms with Crippen LogP contribution in [0, 0.1) is 0 Å². The van der Waals surface area contributed by atoms with Crippen molar-refractivity contribution in [2.45, 2.75) is 31.7 Å². The highest BCUT2D eigenvalue weighted by Crippen LogP contribution is 2.39. The molecule has 1 aliphatic heterocycles. The number of carbonyl (C=O) groups is 1. The fourth-order valence-electron chi connectivity index (χ4n) is 2.62. The van der Waals surface area contributed by atoms with Crippen LogP contribution < -0.4 is 14.8 Å². The number of methoxy groups -OCH3 is 2. The highest BCUT2D eigenvalue weighted by atomic mass is 79.9. The van der Waals surface area contributed by atoms with Gasteiger partial charge in [-0.2, -0.15) is 0 Å².